The molecular weight excluding hydrogens is 867 g/mol. The lowest BCUT2D eigenvalue weighted by atomic mass is 9.85. The van der Waals surface area contributed by atoms with Gasteiger partial charge in [-0.2, -0.15) is 10.2 Å². The molecular formula is C44H51F4N13O5. The number of carbonyl (C=O) groups is 4. The molecule has 22 heteroatoms. The van der Waals surface area contributed by atoms with Crippen LogP contribution in [0.1, 0.15) is 89.4 Å². The Bertz CT molecular complexity index is 2560. The summed E-state index contributed by atoms with van der Waals surface area (Å²) in [4.78, 5) is 63.5. The summed E-state index contributed by atoms with van der Waals surface area (Å²) in [6.45, 7) is 4.75. The summed E-state index contributed by atoms with van der Waals surface area (Å²) in [7, 11) is 0. The zero-order valence-corrected chi connectivity index (χ0v) is 36.2. The van der Waals surface area contributed by atoms with Gasteiger partial charge < -0.3 is 24.8 Å². The number of alkyl halides is 4. The van der Waals surface area contributed by atoms with Gasteiger partial charge >= 0.3 is 6.03 Å². The van der Waals surface area contributed by atoms with Crippen molar-refractivity contribution in [1.82, 2.24) is 49.5 Å². The van der Waals surface area contributed by atoms with E-state index in [1.54, 1.807) is 34.0 Å². The van der Waals surface area contributed by atoms with Crippen LogP contribution in [0.4, 0.5) is 39.5 Å². The fourth-order valence-electron chi connectivity index (χ4n) is 11.2. The summed E-state index contributed by atoms with van der Waals surface area (Å²) in [6, 6.07) is 5.47. The number of amides is 5. The molecule has 1 aromatic carbocycles. The molecule has 2 N–H and O–H groups in total. The van der Waals surface area contributed by atoms with E-state index in [1.807, 2.05) is 11.0 Å². The van der Waals surface area contributed by atoms with Crippen LogP contribution in [-0.4, -0.2) is 158 Å². The van der Waals surface area contributed by atoms with Crippen molar-refractivity contribution >= 4 is 46.6 Å². The summed E-state index contributed by atoms with van der Waals surface area (Å²) in [6.07, 6.45) is 6.35. The smallest absolute Gasteiger partial charge is 0.342 e. The van der Waals surface area contributed by atoms with Crippen molar-refractivity contribution in [2.75, 3.05) is 80.6 Å². The van der Waals surface area contributed by atoms with Gasteiger partial charge in [0, 0.05) is 75.9 Å². The van der Waals surface area contributed by atoms with Gasteiger partial charge in [-0.15, -0.1) is 0 Å². The number of anilines is 3. The molecule has 11 rings (SSSR count). The molecule has 0 unspecified atom stereocenters. The second-order valence-corrected chi connectivity index (χ2v) is 18.7. The van der Waals surface area contributed by atoms with E-state index in [4.69, 9.17) is 9.72 Å². The van der Waals surface area contributed by atoms with Crippen molar-refractivity contribution < 1.29 is 41.5 Å². The molecule has 350 valence electrons. The van der Waals surface area contributed by atoms with Crippen molar-refractivity contribution in [3.8, 4) is 0 Å². The van der Waals surface area contributed by atoms with Crippen molar-refractivity contribution in [3.05, 3.63) is 65.2 Å². The largest absolute Gasteiger partial charge is 0.374 e. The number of halogens is 4. The SMILES string of the molecule is O=C1CCN(N2Cc3cc(N4CC[C@@H](N5CCN(CC6CCC(n7cc(NC(=O)c8cnn9ccc(N%10C[C@H]%11C[C@@H]%10CO%11)nc89)c(C(F)F)n7)CC6)CC5)C(F)(F)C4)ccc3C2=O)C(=O)N1. The molecule has 5 amide bonds. The number of nitrogens with one attached hydrogen (secondary N) is 2. The van der Waals surface area contributed by atoms with Crippen molar-refractivity contribution in [3.63, 3.8) is 0 Å². The highest BCUT2D eigenvalue weighted by atomic mass is 19.3. The number of morpholine rings is 1. The molecule has 3 atom stereocenters. The second kappa shape index (κ2) is 16.8. The van der Waals surface area contributed by atoms with E-state index >= 15 is 8.78 Å². The van der Waals surface area contributed by atoms with Crippen LogP contribution in [0.5, 0.6) is 0 Å². The van der Waals surface area contributed by atoms with E-state index in [1.165, 1.54) is 26.9 Å². The van der Waals surface area contributed by atoms with Gasteiger partial charge in [0.2, 0.25) is 5.91 Å². The highest BCUT2D eigenvalue weighted by Crippen LogP contribution is 2.39. The quantitative estimate of drug-likeness (QED) is 0.218. The van der Waals surface area contributed by atoms with Crippen LogP contribution in [0.3, 0.4) is 0 Å². The molecule has 5 saturated heterocycles. The summed E-state index contributed by atoms with van der Waals surface area (Å²) < 4.78 is 69.4. The molecule has 2 bridgehead atoms. The topological polar surface area (TPSA) is 169 Å². The second-order valence-electron chi connectivity index (χ2n) is 18.7. The average molecular weight is 918 g/mol. The number of imide groups is 1. The first-order valence-corrected chi connectivity index (χ1v) is 22.9. The fraction of sp³-hybridized carbons (Fsp3) is 0.568. The molecule has 6 aliphatic heterocycles. The van der Waals surface area contributed by atoms with Crippen LogP contribution in [0, 0.1) is 5.92 Å². The van der Waals surface area contributed by atoms with Crippen LogP contribution in [0.15, 0.2) is 42.9 Å². The number of fused-ring (bicyclic) bond motifs is 4. The summed E-state index contributed by atoms with van der Waals surface area (Å²) in [5, 5.41) is 15.9. The molecule has 9 heterocycles. The molecule has 6 fully saturated rings. The predicted octanol–water partition coefficient (Wildman–Crippen LogP) is 4.17. The Morgan fingerprint density at radius 2 is 1.79 bits per heavy atom. The lowest BCUT2D eigenvalue weighted by Crippen LogP contribution is -2.62. The molecule has 0 spiro atoms. The average Bonchev–Trinajstić information content (AvgIpc) is 4.16. The van der Waals surface area contributed by atoms with Crippen molar-refractivity contribution in [2.24, 2.45) is 5.92 Å². The Hall–Kier alpha value is -5.87. The zero-order valence-electron chi connectivity index (χ0n) is 36.2. The van der Waals surface area contributed by atoms with Gasteiger partial charge in [-0.25, -0.2) is 41.9 Å². The van der Waals surface area contributed by atoms with Gasteiger partial charge in [0.25, 0.3) is 24.2 Å². The maximum absolute atomic E-state index is 16.0. The Kier molecular flexibility index (Phi) is 10.9. The lowest BCUT2D eigenvalue weighted by Gasteiger charge is -2.47. The number of hydrazine groups is 1. The standard InChI is InChI=1S/C44H51F4N13O5/c45-39(46)38-34(50-41(63)33-19-49-58-11-8-36(51-40(33)58)57-22-31-18-30(57)24-66-31)23-59(53-38)28-3-1-26(2-4-28)20-54-13-15-55(16-14-54)35-7-10-56(25-44(35,47)48)29-5-6-32-27(17-29)21-61(42(32)64)60-12-9-37(62)52-43(60)65/h5-6,8,11,17,19,23,26,28,30-31,35,39H,1-4,7,9-10,12-16,18,20-22,24-25H2,(H,50,63)(H,52,62,65)/t26?,28?,30-,31-,35-/m1/s1. The molecule has 66 heavy (non-hydrogen) atoms. The highest BCUT2D eigenvalue weighted by Gasteiger charge is 2.48. The van der Waals surface area contributed by atoms with Gasteiger partial charge in [0.05, 0.1) is 62.4 Å². The number of aromatic nitrogens is 5. The zero-order chi connectivity index (χ0) is 45.4. The number of urea groups is 1. The Balaban J connectivity index is 0.656. The Morgan fingerprint density at radius 1 is 0.970 bits per heavy atom. The van der Waals surface area contributed by atoms with Crippen LogP contribution in [-0.2, 0) is 16.1 Å². The van der Waals surface area contributed by atoms with E-state index in [9.17, 15) is 28.0 Å². The molecule has 0 radical (unpaired) electrons. The third kappa shape index (κ3) is 7.88. The Labute approximate surface area is 376 Å². The van der Waals surface area contributed by atoms with E-state index < -0.39 is 48.5 Å². The number of ether oxygens (including phenoxy) is 1. The third-order valence-electron chi connectivity index (χ3n) is 14.7. The maximum Gasteiger partial charge on any atom is 0.342 e. The molecule has 1 aliphatic carbocycles. The Morgan fingerprint density at radius 3 is 2.52 bits per heavy atom. The third-order valence-corrected chi connectivity index (χ3v) is 14.7. The minimum atomic E-state index is -2.98. The maximum atomic E-state index is 16.0. The molecule has 18 nitrogen and oxygen atoms in total. The van der Waals surface area contributed by atoms with Crippen LogP contribution in [0.2, 0.25) is 0 Å². The van der Waals surface area contributed by atoms with E-state index in [0.29, 0.717) is 80.1 Å². The van der Waals surface area contributed by atoms with Crippen LogP contribution >= 0.6 is 0 Å². The summed E-state index contributed by atoms with van der Waals surface area (Å²) >= 11 is 0. The molecule has 4 aromatic rings. The van der Waals surface area contributed by atoms with E-state index in [2.05, 4.69) is 30.6 Å². The first-order chi connectivity index (χ1) is 31.8. The number of benzene rings is 1. The van der Waals surface area contributed by atoms with Crippen molar-refractivity contribution in [1.29, 1.82) is 0 Å². The highest BCUT2D eigenvalue weighted by molar-refractivity contribution is 6.08. The molecule has 7 aliphatic rings. The van der Waals surface area contributed by atoms with E-state index in [0.717, 1.165) is 38.6 Å². The number of hydrogen-bond donors (Lipinski definition) is 2. The molecule has 1 saturated carbocycles. The number of piperazine rings is 1. The molecule has 3 aromatic heterocycles. The minimum absolute atomic E-state index is 0.0460. The van der Waals surface area contributed by atoms with Gasteiger partial charge in [-0.1, -0.05) is 0 Å². The fourth-order valence-corrected chi connectivity index (χ4v) is 11.2. The number of nitrogens with zero attached hydrogens (tertiary/aromatic N) is 11. The number of carbonyl (C=O) groups excluding carboxylic acids is 4. The monoisotopic (exact) mass is 917 g/mol. The summed E-state index contributed by atoms with van der Waals surface area (Å²) in [5.41, 5.74) is 1.60. The predicted molar refractivity (Wildman–Crippen MR) is 229 cm³/mol. The van der Waals surface area contributed by atoms with Crippen molar-refractivity contribution in [2.45, 2.75) is 88.1 Å². The van der Waals surface area contributed by atoms with Gasteiger partial charge in [-0.05, 0) is 74.3 Å². The van der Waals surface area contributed by atoms with Gasteiger partial charge in [0.15, 0.2) is 11.3 Å². The van der Waals surface area contributed by atoms with Gasteiger partial charge in [0.1, 0.15) is 11.4 Å². The lowest BCUT2D eigenvalue weighted by molar-refractivity contribution is -0.123. The summed E-state index contributed by atoms with van der Waals surface area (Å²) in [5.74, 6) is -3.27. The normalized spacial score (nSPS) is 27.1. The first kappa shape index (κ1) is 42.7. The first-order valence-electron chi connectivity index (χ1n) is 22.9. The minimum Gasteiger partial charge on any atom is -0.374 e. The van der Waals surface area contributed by atoms with Crippen LogP contribution in [0.25, 0.3) is 5.65 Å². The van der Waals surface area contributed by atoms with Crippen LogP contribution < -0.4 is 20.4 Å². The number of piperidine rings is 1. The van der Waals surface area contributed by atoms with E-state index in [-0.39, 0.29) is 61.3 Å². The van der Waals surface area contributed by atoms with Gasteiger partial charge in [-0.3, -0.25) is 29.3 Å². The number of hydrogen-bond acceptors (Lipinski definition) is 12. The number of rotatable bonds is 10.